The highest BCUT2D eigenvalue weighted by Crippen LogP contribution is 2.13. The molecule has 0 saturated heterocycles. The predicted molar refractivity (Wildman–Crippen MR) is 50.0 cm³/mol. The molecule has 0 spiro atoms. The van der Waals surface area contributed by atoms with Crippen molar-refractivity contribution in [3.8, 4) is 5.88 Å². The van der Waals surface area contributed by atoms with Crippen LogP contribution < -0.4 is 4.74 Å². The number of carbonyl (C=O) groups is 2. The van der Waals surface area contributed by atoms with Gasteiger partial charge in [-0.15, -0.1) is 5.10 Å². The van der Waals surface area contributed by atoms with Crippen LogP contribution in [0.15, 0.2) is 12.3 Å². The van der Waals surface area contributed by atoms with Crippen LogP contribution in [0.2, 0.25) is 0 Å². The lowest BCUT2D eigenvalue weighted by atomic mass is 10.7. The molecule has 1 aromatic rings. The topological polar surface area (TPSA) is 102 Å². The molecule has 1 aromatic heterocycles. The molecule has 0 bridgehead atoms. The third-order valence-electron chi connectivity index (χ3n) is 1.28. The third kappa shape index (κ3) is 7.09. The Hall–Kier alpha value is -2.26. The fraction of sp³-hybridized carbons (Fsp3) is 0.375. The number of hydrogen-bond acceptors (Lipinski definition) is 4. The van der Waals surface area contributed by atoms with Gasteiger partial charge in [0, 0.05) is 19.3 Å². The highest BCUT2D eigenvalue weighted by molar-refractivity contribution is 5.73. The zero-order valence-corrected chi connectivity index (χ0v) is 9.01. The Morgan fingerprint density at radius 2 is 1.94 bits per heavy atom. The van der Waals surface area contributed by atoms with E-state index in [9.17, 15) is 18.0 Å². The van der Waals surface area contributed by atoms with Gasteiger partial charge in [0.2, 0.25) is 5.88 Å². The first kappa shape index (κ1) is 15.7. The molecule has 0 unspecified atom stereocenters. The fourth-order valence-electron chi connectivity index (χ4n) is 0.606. The molecule has 0 aliphatic carbocycles. The smallest absolute Gasteiger partial charge is 0.479 e. The molecule has 7 nitrogen and oxygen atoms in total. The normalized spacial score (nSPS) is 10.2. The number of aliphatic carboxylic acids is 2. The standard InChI is InChI=1S/C6H8N2O3.C2HF3O2/c1-8-3-2-5(7-8)11-4-6(9)10;3-2(4,5)1(6)7/h2-3H,4H2,1H3,(H,9,10);(H,6,7). The van der Waals surface area contributed by atoms with Crippen molar-refractivity contribution in [2.75, 3.05) is 6.61 Å². The molecule has 0 fully saturated rings. The summed E-state index contributed by atoms with van der Waals surface area (Å²) in [7, 11) is 1.73. The van der Waals surface area contributed by atoms with E-state index in [2.05, 4.69) is 5.10 Å². The summed E-state index contributed by atoms with van der Waals surface area (Å²) < 4.78 is 38.0. The minimum atomic E-state index is -5.08. The highest BCUT2D eigenvalue weighted by Gasteiger charge is 2.38. The number of halogens is 3. The Bertz CT molecular complexity index is 415. The van der Waals surface area contributed by atoms with E-state index in [1.54, 1.807) is 19.3 Å². The Kier molecular flexibility index (Phi) is 5.66. The molecular weight excluding hydrogens is 261 g/mol. The van der Waals surface area contributed by atoms with Crippen molar-refractivity contribution in [1.82, 2.24) is 9.78 Å². The number of aryl methyl sites for hydroxylation is 1. The van der Waals surface area contributed by atoms with Gasteiger partial charge in [0.1, 0.15) is 0 Å². The maximum absolute atomic E-state index is 10.6. The van der Waals surface area contributed by atoms with Crippen molar-refractivity contribution in [3.05, 3.63) is 12.3 Å². The van der Waals surface area contributed by atoms with Crippen LogP contribution in [0.3, 0.4) is 0 Å². The monoisotopic (exact) mass is 270 g/mol. The first-order valence-electron chi connectivity index (χ1n) is 4.27. The number of hydrogen-bond donors (Lipinski definition) is 2. The summed E-state index contributed by atoms with van der Waals surface area (Å²) in [5, 5.41) is 19.2. The second kappa shape index (κ2) is 6.47. The summed E-state index contributed by atoms with van der Waals surface area (Å²) in [6, 6.07) is 1.60. The molecule has 0 radical (unpaired) electrons. The summed E-state index contributed by atoms with van der Waals surface area (Å²) in [5.41, 5.74) is 0. The molecule has 1 rings (SSSR count). The summed E-state index contributed by atoms with van der Waals surface area (Å²) >= 11 is 0. The van der Waals surface area contributed by atoms with Crippen LogP contribution in [-0.4, -0.2) is 44.7 Å². The number of carboxylic acids is 2. The van der Waals surface area contributed by atoms with Gasteiger partial charge in [0.25, 0.3) is 0 Å². The second-order valence-corrected chi connectivity index (χ2v) is 2.81. The molecule has 0 aliphatic rings. The van der Waals surface area contributed by atoms with Gasteiger partial charge in [0.05, 0.1) is 0 Å². The SMILES string of the molecule is Cn1ccc(OCC(=O)O)n1.O=C(O)C(F)(F)F. The van der Waals surface area contributed by atoms with Crippen LogP contribution in [-0.2, 0) is 16.6 Å². The minimum Gasteiger partial charge on any atom is -0.479 e. The van der Waals surface area contributed by atoms with Crippen LogP contribution in [0.25, 0.3) is 0 Å². The van der Waals surface area contributed by atoms with Crippen molar-refractivity contribution in [2.24, 2.45) is 7.05 Å². The number of alkyl halides is 3. The summed E-state index contributed by atoms with van der Waals surface area (Å²) in [4.78, 5) is 18.9. The summed E-state index contributed by atoms with van der Waals surface area (Å²) in [6.45, 7) is -0.350. The van der Waals surface area contributed by atoms with Gasteiger partial charge >= 0.3 is 18.1 Å². The van der Waals surface area contributed by atoms with Gasteiger partial charge < -0.3 is 14.9 Å². The van der Waals surface area contributed by atoms with E-state index >= 15 is 0 Å². The van der Waals surface area contributed by atoms with Crippen LogP contribution in [0.1, 0.15) is 0 Å². The molecule has 0 saturated carbocycles. The van der Waals surface area contributed by atoms with E-state index < -0.39 is 18.1 Å². The van der Waals surface area contributed by atoms with Gasteiger partial charge in [-0.05, 0) is 0 Å². The molecular formula is C8H9F3N2O5. The average Bonchev–Trinajstić information content (AvgIpc) is 2.60. The Balaban J connectivity index is 0.000000360. The zero-order valence-electron chi connectivity index (χ0n) is 9.01. The van der Waals surface area contributed by atoms with Gasteiger partial charge in [-0.25, -0.2) is 9.59 Å². The quantitative estimate of drug-likeness (QED) is 0.830. The average molecular weight is 270 g/mol. The maximum Gasteiger partial charge on any atom is 0.490 e. The molecule has 0 aliphatic heterocycles. The molecule has 2 N–H and O–H groups in total. The van der Waals surface area contributed by atoms with Gasteiger partial charge in [-0.1, -0.05) is 0 Å². The van der Waals surface area contributed by atoms with Crippen molar-refractivity contribution in [2.45, 2.75) is 6.18 Å². The number of carboxylic acid groups (broad SMARTS) is 2. The highest BCUT2D eigenvalue weighted by atomic mass is 19.4. The molecule has 0 atom stereocenters. The van der Waals surface area contributed by atoms with E-state index in [-0.39, 0.29) is 6.61 Å². The zero-order chi connectivity index (χ0) is 14.3. The molecule has 1 heterocycles. The van der Waals surface area contributed by atoms with Gasteiger partial charge in [-0.2, -0.15) is 13.2 Å². The van der Waals surface area contributed by atoms with E-state index in [0.717, 1.165) is 0 Å². The lowest BCUT2D eigenvalue weighted by molar-refractivity contribution is -0.192. The summed E-state index contributed by atoms with van der Waals surface area (Å²) in [5.74, 6) is -3.43. The molecule has 18 heavy (non-hydrogen) atoms. The molecule has 0 amide bonds. The first-order valence-corrected chi connectivity index (χ1v) is 4.27. The lowest BCUT2D eigenvalue weighted by Crippen LogP contribution is -2.21. The number of ether oxygens (including phenoxy) is 1. The third-order valence-corrected chi connectivity index (χ3v) is 1.28. The van der Waals surface area contributed by atoms with Crippen LogP contribution in [0.5, 0.6) is 5.88 Å². The van der Waals surface area contributed by atoms with Gasteiger partial charge in [0.15, 0.2) is 6.61 Å². The molecule has 102 valence electrons. The Labute approximate surface area is 98.4 Å². The van der Waals surface area contributed by atoms with Crippen LogP contribution in [0.4, 0.5) is 13.2 Å². The molecule has 0 aromatic carbocycles. The van der Waals surface area contributed by atoms with Crippen molar-refractivity contribution < 1.29 is 37.7 Å². The lowest BCUT2D eigenvalue weighted by Gasteiger charge is -1.95. The van der Waals surface area contributed by atoms with E-state index in [0.29, 0.717) is 5.88 Å². The fourth-order valence-corrected chi connectivity index (χ4v) is 0.606. The number of nitrogens with zero attached hydrogens (tertiary/aromatic N) is 2. The van der Waals surface area contributed by atoms with E-state index in [1.807, 2.05) is 0 Å². The first-order chi connectivity index (χ1) is 8.12. The minimum absolute atomic E-state index is 0.329. The number of aromatic nitrogens is 2. The second-order valence-electron chi connectivity index (χ2n) is 2.81. The largest absolute Gasteiger partial charge is 0.490 e. The summed E-state index contributed by atoms with van der Waals surface area (Å²) in [6.07, 6.45) is -3.41. The maximum atomic E-state index is 10.6. The van der Waals surface area contributed by atoms with Crippen molar-refractivity contribution >= 4 is 11.9 Å². The van der Waals surface area contributed by atoms with Crippen LogP contribution in [0, 0.1) is 0 Å². The van der Waals surface area contributed by atoms with Crippen LogP contribution >= 0.6 is 0 Å². The van der Waals surface area contributed by atoms with Gasteiger partial charge in [-0.3, -0.25) is 4.68 Å². The molecule has 10 heteroatoms. The van der Waals surface area contributed by atoms with Crippen molar-refractivity contribution in [1.29, 1.82) is 0 Å². The predicted octanol–water partition coefficient (Wildman–Crippen LogP) is 0.517. The van der Waals surface area contributed by atoms with Crippen molar-refractivity contribution in [3.63, 3.8) is 0 Å². The Morgan fingerprint density at radius 1 is 1.44 bits per heavy atom. The number of rotatable bonds is 3. The Morgan fingerprint density at radius 3 is 2.22 bits per heavy atom. The van der Waals surface area contributed by atoms with E-state index in [1.165, 1.54) is 4.68 Å². The van der Waals surface area contributed by atoms with E-state index in [4.69, 9.17) is 19.7 Å².